The van der Waals surface area contributed by atoms with Crippen LogP contribution in [0.4, 0.5) is 0 Å². The van der Waals surface area contributed by atoms with Crippen LogP contribution in [0.25, 0.3) is 28.0 Å². The first-order valence-electron chi connectivity index (χ1n) is 9.04. The van der Waals surface area contributed by atoms with Gasteiger partial charge >= 0.3 is 0 Å². The van der Waals surface area contributed by atoms with Gasteiger partial charge in [-0.15, -0.1) is 0 Å². The first kappa shape index (κ1) is 19.3. The second-order valence-electron chi connectivity index (χ2n) is 6.68. The zero-order chi connectivity index (χ0) is 20.7. The van der Waals surface area contributed by atoms with Gasteiger partial charge in [-0.2, -0.15) is 5.26 Å². The Morgan fingerprint density at radius 2 is 1.90 bits per heavy atom. The number of nitrogens with zero attached hydrogens (tertiary/aromatic N) is 3. The van der Waals surface area contributed by atoms with Crippen LogP contribution in [-0.4, -0.2) is 14.6 Å². The predicted molar refractivity (Wildman–Crippen MR) is 116 cm³/mol. The molecule has 0 aliphatic heterocycles. The summed E-state index contributed by atoms with van der Waals surface area (Å²) < 4.78 is 1.46. The van der Waals surface area contributed by atoms with E-state index in [9.17, 15) is 4.79 Å². The van der Waals surface area contributed by atoms with E-state index in [1.165, 1.54) is 4.52 Å². The first-order chi connectivity index (χ1) is 13.9. The third-order valence-corrected chi connectivity index (χ3v) is 5.47. The highest BCUT2D eigenvalue weighted by molar-refractivity contribution is 6.36. The van der Waals surface area contributed by atoms with Gasteiger partial charge in [0.2, 0.25) is 0 Å². The van der Waals surface area contributed by atoms with Crippen molar-refractivity contribution in [2.45, 2.75) is 20.3 Å². The van der Waals surface area contributed by atoms with Gasteiger partial charge in [-0.05, 0) is 37.6 Å². The normalized spacial score (nSPS) is 11.0. The molecule has 0 amide bonds. The maximum Gasteiger partial charge on any atom is 0.276 e. The molecule has 7 heteroatoms. The number of nitrogens with one attached hydrogen (secondary N) is 1. The zero-order valence-electron chi connectivity index (χ0n) is 15.8. The average molecular weight is 423 g/mol. The molecule has 0 spiro atoms. The SMILES string of the molecule is CCc1[nH]n2c(=O)c(C)c(-c3ccc(C#N)cc3)nc2c1-c1ccc(Cl)cc1Cl. The Balaban J connectivity index is 2.05. The smallest absolute Gasteiger partial charge is 0.276 e. The van der Waals surface area contributed by atoms with Gasteiger partial charge in [0.1, 0.15) is 0 Å². The number of halogens is 2. The van der Waals surface area contributed by atoms with Crippen LogP contribution in [0.3, 0.4) is 0 Å². The van der Waals surface area contributed by atoms with Crippen LogP contribution >= 0.6 is 23.2 Å². The van der Waals surface area contributed by atoms with Gasteiger partial charge in [0.25, 0.3) is 5.56 Å². The monoisotopic (exact) mass is 422 g/mol. The van der Waals surface area contributed by atoms with E-state index in [0.717, 1.165) is 22.4 Å². The standard InChI is InChI=1S/C22H16Cl2N4O/c1-3-18-19(16-9-8-15(23)10-17(16)24)21-26-20(12(2)22(29)28(21)27-18)14-6-4-13(11-25)5-7-14/h4-10,27H,3H2,1-2H3. The van der Waals surface area contributed by atoms with Crippen molar-refractivity contribution in [1.29, 1.82) is 5.26 Å². The predicted octanol–water partition coefficient (Wildman–Crippen LogP) is 5.41. The summed E-state index contributed by atoms with van der Waals surface area (Å²) in [6, 6.07) is 14.4. The van der Waals surface area contributed by atoms with Gasteiger partial charge < -0.3 is 0 Å². The first-order valence-corrected chi connectivity index (χ1v) is 9.80. The third kappa shape index (κ3) is 3.21. The number of aromatic amines is 1. The van der Waals surface area contributed by atoms with Gasteiger partial charge in [-0.3, -0.25) is 9.89 Å². The summed E-state index contributed by atoms with van der Waals surface area (Å²) in [6.07, 6.45) is 0.669. The molecule has 2 aromatic heterocycles. The lowest BCUT2D eigenvalue weighted by Crippen LogP contribution is -2.19. The van der Waals surface area contributed by atoms with Gasteiger partial charge in [0.15, 0.2) is 5.65 Å². The fraction of sp³-hybridized carbons (Fsp3) is 0.136. The Morgan fingerprint density at radius 1 is 1.17 bits per heavy atom. The van der Waals surface area contributed by atoms with Gasteiger partial charge in [0, 0.05) is 33.0 Å². The molecule has 0 saturated carbocycles. The van der Waals surface area contributed by atoms with E-state index >= 15 is 0 Å². The van der Waals surface area contributed by atoms with E-state index in [2.05, 4.69) is 11.2 Å². The minimum Gasteiger partial charge on any atom is -0.293 e. The molecule has 4 rings (SSSR count). The lowest BCUT2D eigenvalue weighted by Gasteiger charge is -2.08. The minimum absolute atomic E-state index is 0.180. The molecular weight excluding hydrogens is 407 g/mol. The number of aromatic nitrogens is 3. The molecule has 0 aliphatic rings. The molecule has 0 bridgehead atoms. The van der Waals surface area contributed by atoms with E-state index in [1.54, 1.807) is 43.3 Å². The van der Waals surface area contributed by atoms with Gasteiger partial charge in [-0.25, -0.2) is 9.50 Å². The Hall–Kier alpha value is -3.07. The number of hydrogen-bond donors (Lipinski definition) is 1. The zero-order valence-corrected chi connectivity index (χ0v) is 17.3. The van der Waals surface area contributed by atoms with E-state index in [0.29, 0.717) is 38.9 Å². The van der Waals surface area contributed by atoms with Crippen LogP contribution in [-0.2, 0) is 6.42 Å². The van der Waals surface area contributed by atoms with Crippen molar-refractivity contribution < 1.29 is 0 Å². The molecular formula is C22H16Cl2N4O. The van der Waals surface area contributed by atoms with Crippen LogP contribution in [0, 0.1) is 18.3 Å². The fourth-order valence-corrected chi connectivity index (χ4v) is 3.92. The second kappa shape index (κ2) is 7.40. The number of H-pyrrole nitrogens is 1. The lowest BCUT2D eigenvalue weighted by atomic mass is 10.0. The molecule has 2 heterocycles. The average Bonchev–Trinajstić information content (AvgIpc) is 3.09. The molecule has 0 fully saturated rings. The van der Waals surface area contributed by atoms with Gasteiger partial charge in [0.05, 0.1) is 22.3 Å². The van der Waals surface area contributed by atoms with Crippen LogP contribution in [0.1, 0.15) is 23.7 Å². The molecule has 0 atom stereocenters. The van der Waals surface area contributed by atoms with Crippen molar-refractivity contribution >= 4 is 28.8 Å². The fourth-order valence-electron chi connectivity index (χ4n) is 3.42. The molecule has 1 N–H and O–H groups in total. The van der Waals surface area contributed by atoms with E-state index in [-0.39, 0.29) is 5.56 Å². The molecule has 0 radical (unpaired) electrons. The molecule has 29 heavy (non-hydrogen) atoms. The summed E-state index contributed by atoms with van der Waals surface area (Å²) in [5, 5.41) is 13.2. The van der Waals surface area contributed by atoms with Crippen molar-refractivity contribution in [1.82, 2.24) is 14.6 Å². The Bertz CT molecular complexity index is 1340. The second-order valence-corrected chi connectivity index (χ2v) is 7.53. The van der Waals surface area contributed by atoms with E-state index in [4.69, 9.17) is 33.4 Å². The number of aryl methyl sites for hydroxylation is 1. The summed E-state index contributed by atoms with van der Waals surface area (Å²) in [5.74, 6) is 0. The summed E-state index contributed by atoms with van der Waals surface area (Å²) in [5.41, 5.74) is 5.13. The molecule has 0 unspecified atom stereocenters. The summed E-state index contributed by atoms with van der Waals surface area (Å²) in [7, 11) is 0. The highest BCUT2D eigenvalue weighted by Gasteiger charge is 2.20. The molecule has 144 valence electrons. The maximum atomic E-state index is 13.1. The van der Waals surface area contributed by atoms with E-state index in [1.807, 2.05) is 13.0 Å². The van der Waals surface area contributed by atoms with Crippen molar-refractivity contribution in [3.05, 3.63) is 79.7 Å². The van der Waals surface area contributed by atoms with Crippen molar-refractivity contribution in [3.8, 4) is 28.5 Å². The molecule has 2 aromatic carbocycles. The number of rotatable bonds is 3. The van der Waals surface area contributed by atoms with Crippen LogP contribution in [0.2, 0.25) is 10.0 Å². The van der Waals surface area contributed by atoms with Crippen LogP contribution in [0.15, 0.2) is 47.3 Å². The van der Waals surface area contributed by atoms with Crippen LogP contribution < -0.4 is 5.56 Å². The molecule has 0 saturated heterocycles. The topological polar surface area (TPSA) is 73.9 Å². The number of benzene rings is 2. The van der Waals surface area contributed by atoms with Crippen molar-refractivity contribution in [3.63, 3.8) is 0 Å². The number of hydrogen-bond acceptors (Lipinski definition) is 3. The Kier molecular flexibility index (Phi) is 4.91. The molecule has 4 aromatic rings. The van der Waals surface area contributed by atoms with Crippen LogP contribution in [0.5, 0.6) is 0 Å². The Morgan fingerprint density at radius 3 is 2.52 bits per heavy atom. The van der Waals surface area contributed by atoms with Crippen molar-refractivity contribution in [2.75, 3.05) is 0 Å². The maximum absolute atomic E-state index is 13.1. The Labute approximate surface area is 177 Å². The summed E-state index contributed by atoms with van der Waals surface area (Å²) in [6.45, 7) is 3.74. The minimum atomic E-state index is -0.180. The third-order valence-electron chi connectivity index (χ3n) is 4.92. The summed E-state index contributed by atoms with van der Waals surface area (Å²) in [4.78, 5) is 17.9. The highest BCUT2D eigenvalue weighted by atomic mass is 35.5. The number of fused-ring (bicyclic) bond motifs is 1. The lowest BCUT2D eigenvalue weighted by molar-refractivity contribution is 0.850. The van der Waals surface area contributed by atoms with E-state index < -0.39 is 0 Å². The number of nitriles is 1. The quantitative estimate of drug-likeness (QED) is 0.479. The van der Waals surface area contributed by atoms with Crippen molar-refractivity contribution in [2.24, 2.45) is 0 Å². The molecule has 0 aliphatic carbocycles. The highest BCUT2D eigenvalue weighted by Crippen LogP contribution is 2.35. The summed E-state index contributed by atoms with van der Waals surface area (Å²) >= 11 is 12.5. The van der Waals surface area contributed by atoms with Gasteiger partial charge in [-0.1, -0.05) is 48.3 Å². The largest absolute Gasteiger partial charge is 0.293 e. The molecule has 5 nitrogen and oxygen atoms in total.